The number of aryl methyl sites for hydroxylation is 1. The van der Waals surface area contributed by atoms with Crippen molar-refractivity contribution >= 4 is 17.5 Å². The molecule has 0 aliphatic rings. The van der Waals surface area contributed by atoms with E-state index >= 15 is 0 Å². The summed E-state index contributed by atoms with van der Waals surface area (Å²) in [4.78, 5) is 12.0. The number of nitrogens with one attached hydrogen (secondary N) is 1. The average Bonchev–Trinajstić information content (AvgIpc) is 2.55. The number of carbonyl (C=O) groups is 1. The van der Waals surface area contributed by atoms with E-state index in [1.165, 1.54) is 0 Å². The predicted molar refractivity (Wildman–Crippen MR) is 91.2 cm³/mol. The number of hydrogen-bond donors (Lipinski definition) is 1. The molecule has 0 saturated carbocycles. The zero-order valence-corrected chi connectivity index (χ0v) is 14.0. The maximum absolute atomic E-state index is 12.0. The lowest BCUT2D eigenvalue weighted by Crippen LogP contribution is -2.38. The lowest BCUT2D eigenvalue weighted by Gasteiger charge is -2.15. The Balaban J connectivity index is 1.72. The Bertz CT molecular complexity index is 643. The summed E-state index contributed by atoms with van der Waals surface area (Å²) in [5.41, 5.74) is 1.14. The van der Waals surface area contributed by atoms with Gasteiger partial charge in [-0.15, -0.1) is 0 Å². The van der Waals surface area contributed by atoms with Gasteiger partial charge in [-0.1, -0.05) is 41.4 Å². The van der Waals surface area contributed by atoms with Gasteiger partial charge in [0.05, 0.1) is 11.6 Å². The van der Waals surface area contributed by atoms with E-state index in [4.69, 9.17) is 21.1 Å². The van der Waals surface area contributed by atoms with Crippen LogP contribution in [0.5, 0.6) is 11.5 Å². The maximum atomic E-state index is 12.0. The van der Waals surface area contributed by atoms with Gasteiger partial charge in [0.15, 0.2) is 6.10 Å². The highest BCUT2D eigenvalue weighted by Gasteiger charge is 2.14. The molecule has 0 fully saturated rings. The van der Waals surface area contributed by atoms with Crippen molar-refractivity contribution in [3.63, 3.8) is 0 Å². The van der Waals surface area contributed by atoms with Crippen LogP contribution in [0.1, 0.15) is 12.5 Å². The van der Waals surface area contributed by atoms with Crippen LogP contribution < -0.4 is 14.8 Å². The summed E-state index contributed by atoms with van der Waals surface area (Å²) in [7, 11) is 0. The first kappa shape index (κ1) is 17.2. The normalized spacial score (nSPS) is 11.6. The molecular weight excluding hydrogens is 314 g/mol. The zero-order valence-electron chi connectivity index (χ0n) is 13.2. The molecule has 0 aromatic heterocycles. The Morgan fingerprint density at radius 3 is 2.57 bits per heavy atom. The fraction of sp³-hybridized carbons (Fsp3) is 0.278. The molecule has 2 rings (SSSR count). The minimum absolute atomic E-state index is 0.187. The molecule has 1 N–H and O–H groups in total. The monoisotopic (exact) mass is 333 g/mol. The fourth-order valence-corrected chi connectivity index (χ4v) is 2.11. The summed E-state index contributed by atoms with van der Waals surface area (Å²) in [5.74, 6) is 1.09. The number of benzene rings is 2. The minimum atomic E-state index is -0.571. The Morgan fingerprint density at radius 2 is 1.87 bits per heavy atom. The highest BCUT2D eigenvalue weighted by molar-refractivity contribution is 6.32. The Kier molecular flexibility index (Phi) is 6.29. The van der Waals surface area contributed by atoms with Crippen molar-refractivity contribution in [2.75, 3.05) is 13.2 Å². The molecule has 5 heteroatoms. The smallest absolute Gasteiger partial charge is 0.260 e. The van der Waals surface area contributed by atoms with Crippen molar-refractivity contribution in [3.8, 4) is 11.5 Å². The molecule has 2 aromatic carbocycles. The molecule has 0 bridgehead atoms. The van der Waals surface area contributed by atoms with Gasteiger partial charge in [0, 0.05) is 0 Å². The summed E-state index contributed by atoms with van der Waals surface area (Å²) in [6, 6.07) is 14.8. The van der Waals surface area contributed by atoms with E-state index in [-0.39, 0.29) is 5.91 Å². The van der Waals surface area contributed by atoms with Crippen LogP contribution in [0.2, 0.25) is 5.02 Å². The van der Waals surface area contributed by atoms with Crippen molar-refractivity contribution in [3.05, 3.63) is 59.1 Å². The van der Waals surface area contributed by atoms with E-state index in [9.17, 15) is 4.79 Å². The topological polar surface area (TPSA) is 47.6 Å². The van der Waals surface area contributed by atoms with E-state index in [2.05, 4.69) is 5.32 Å². The Labute approximate surface area is 141 Å². The van der Waals surface area contributed by atoms with Gasteiger partial charge in [-0.25, -0.2) is 0 Å². The van der Waals surface area contributed by atoms with Crippen molar-refractivity contribution in [1.82, 2.24) is 5.32 Å². The standard InChI is InChI=1S/C18H20ClNO3/c1-13-7-9-15(10-8-13)23-14(2)18(21)20-11-12-22-17-6-4-3-5-16(17)19/h3-10,14H,11-12H2,1-2H3,(H,20,21)/t14-/m1/s1. The lowest BCUT2D eigenvalue weighted by atomic mass is 10.2. The number of para-hydroxylation sites is 1. The first-order valence-electron chi connectivity index (χ1n) is 7.44. The molecule has 122 valence electrons. The largest absolute Gasteiger partial charge is 0.490 e. The van der Waals surface area contributed by atoms with Crippen LogP contribution in [0.4, 0.5) is 0 Å². The number of rotatable bonds is 7. The van der Waals surface area contributed by atoms with Gasteiger partial charge in [-0.3, -0.25) is 4.79 Å². The maximum Gasteiger partial charge on any atom is 0.260 e. The molecule has 4 nitrogen and oxygen atoms in total. The Morgan fingerprint density at radius 1 is 1.17 bits per heavy atom. The van der Waals surface area contributed by atoms with Crippen LogP contribution in [0, 0.1) is 6.92 Å². The lowest BCUT2D eigenvalue weighted by molar-refractivity contribution is -0.127. The summed E-state index contributed by atoms with van der Waals surface area (Å²) in [6.07, 6.45) is -0.571. The second kappa shape index (κ2) is 8.44. The molecule has 0 heterocycles. The SMILES string of the molecule is Cc1ccc(O[C@H](C)C(=O)NCCOc2ccccc2Cl)cc1. The molecule has 23 heavy (non-hydrogen) atoms. The molecule has 2 aromatic rings. The Hall–Kier alpha value is -2.20. The minimum Gasteiger partial charge on any atom is -0.490 e. The van der Waals surface area contributed by atoms with Gasteiger partial charge >= 0.3 is 0 Å². The molecule has 1 atom stereocenters. The van der Waals surface area contributed by atoms with Crippen molar-refractivity contribution in [2.24, 2.45) is 0 Å². The van der Waals surface area contributed by atoms with Gasteiger partial charge in [-0.05, 0) is 38.1 Å². The third-order valence-corrected chi connectivity index (χ3v) is 3.51. The third-order valence-electron chi connectivity index (χ3n) is 3.20. The van der Waals surface area contributed by atoms with E-state index in [0.29, 0.717) is 29.7 Å². The summed E-state index contributed by atoms with van der Waals surface area (Å²) in [5, 5.41) is 3.32. The number of amides is 1. The summed E-state index contributed by atoms with van der Waals surface area (Å²) >= 11 is 5.99. The van der Waals surface area contributed by atoms with Crippen LogP contribution in [0.25, 0.3) is 0 Å². The highest BCUT2D eigenvalue weighted by atomic mass is 35.5. The summed E-state index contributed by atoms with van der Waals surface area (Å²) < 4.78 is 11.1. The van der Waals surface area contributed by atoms with Gasteiger partial charge in [-0.2, -0.15) is 0 Å². The molecule has 0 saturated heterocycles. The summed E-state index contributed by atoms with van der Waals surface area (Å²) in [6.45, 7) is 4.43. The molecule has 0 aliphatic carbocycles. The highest BCUT2D eigenvalue weighted by Crippen LogP contribution is 2.22. The van der Waals surface area contributed by atoms with Crippen LogP contribution in [-0.4, -0.2) is 25.2 Å². The van der Waals surface area contributed by atoms with E-state index in [1.54, 1.807) is 19.1 Å². The van der Waals surface area contributed by atoms with Crippen LogP contribution in [-0.2, 0) is 4.79 Å². The quantitative estimate of drug-likeness (QED) is 0.787. The van der Waals surface area contributed by atoms with Crippen molar-refractivity contribution in [1.29, 1.82) is 0 Å². The molecule has 1 amide bonds. The van der Waals surface area contributed by atoms with Crippen molar-refractivity contribution in [2.45, 2.75) is 20.0 Å². The molecule has 0 spiro atoms. The third kappa shape index (κ3) is 5.49. The first-order valence-corrected chi connectivity index (χ1v) is 7.82. The van der Waals surface area contributed by atoms with Crippen molar-refractivity contribution < 1.29 is 14.3 Å². The molecule has 0 radical (unpaired) electrons. The second-order valence-electron chi connectivity index (χ2n) is 5.14. The van der Waals surface area contributed by atoms with Crippen LogP contribution >= 0.6 is 11.6 Å². The van der Waals surface area contributed by atoms with Crippen LogP contribution in [0.3, 0.4) is 0 Å². The number of ether oxygens (including phenoxy) is 2. The second-order valence-corrected chi connectivity index (χ2v) is 5.55. The fourth-order valence-electron chi connectivity index (χ4n) is 1.92. The number of carbonyl (C=O) groups excluding carboxylic acids is 1. The van der Waals surface area contributed by atoms with Gasteiger partial charge in [0.1, 0.15) is 18.1 Å². The molecular formula is C18H20ClNO3. The molecule has 0 aliphatic heterocycles. The van der Waals surface area contributed by atoms with E-state index < -0.39 is 6.10 Å². The van der Waals surface area contributed by atoms with Gasteiger partial charge < -0.3 is 14.8 Å². The number of hydrogen-bond acceptors (Lipinski definition) is 3. The van der Waals surface area contributed by atoms with Gasteiger partial charge in [0.2, 0.25) is 0 Å². The van der Waals surface area contributed by atoms with Crippen LogP contribution in [0.15, 0.2) is 48.5 Å². The first-order chi connectivity index (χ1) is 11.1. The van der Waals surface area contributed by atoms with Gasteiger partial charge in [0.25, 0.3) is 5.91 Å². The average molecular weight is 334 g/mol. The molecule has 0 unspecified atom stereocenters. The van der Waals surface area contributed by atoms with E-state index in [0.717, 1.165) is 5.56 Å². The predicted octanol–water partition coefficient (Wildman–Crippen LogP) is 3.61. The number of halogens is 1. The zero-order chi connectivity index (χ0) is 16.7. The van der Waals surface area contributed by atoms with E-state index in [1.807, 2.05) is 43.3 Å².